The number of carbonyl (C=O) groups is 10. The van der Waals surface area contributed by atoms with Crippen LogP contribution in [-0.2, 0) is 81.7 Å². The first kappa shape index (κ1) is 78.6. The molecular weight excluding hydrogens is 1300 g/mol. The number of hydrogen-bond acceptors (Lipinski definition) is 21. The van der Waals surface area contributed by atoms with Crippen molar-refractivity contribution in [2.45, 2.75) is 270 Å². The molecule has 4 aliphatic heterocycles. The molecule has 1 amide bonds. The molecule has 1 aromatic heterocycles. The summed E-state index contributed by atoms with van der Waals surface area (Å²) < 4.78 is 54.4. The van der Waals surface area contributed by atoms with Gasteiger partial charge in [0.05, 0.1) is 30.3 Å². The summed E-state index contributed by atoms with van der Waals surface area (Å²) in [5.41, 5.74) is 0.363. The van der Waals surface area contributed by atoms with Crippen molar-refractivity contribution < 1.29 is 100 Å². The summed E-state index contributed by atoms with van der Waals surface area (Å²) in [7, 11) is 4.41. The van der Waals surface area contributed by atoms with Crippen LogP contribution in [0.5, 0.6) is 0 Å². The largest absolute Gasteiger partial charge is 0.460 e. The van der Waals surface area contributed by atoms with Gasteiger partial charge in [-0.2, -0.15) is 0 Å². The Hall–Kier alpha value is -6.56. The predicted octanol–water partition coefficient (Wildman–Crippen LogP) is 11.0. The number of piperidine rings is 1. The van der Waals surface area contributed by atoms with Crippen LogP contribution in [0.3, 0.4) is 0 Å². The average Bonchev–Trinajstić information content (AvgIpc) is 1.64. The number of Topliss-reactive ketones (excluding diaryl/α,β-unsaturated/α-hetero) is 5. The molecule has 4 aliphatic carbocycles. The van der Waals surface area contributed by atoms with E-state index in [0.29, 0.717) is 106 Å². The van der Waals surface area contributed by atoms with Crippen molar-refractivity contribution >= 4 is 58.7 Å². The van der Waals surface area contributed by atoms with Gasteiger partial charge >= 0.3 is 23.9 Å². The van der Waals surface area contributed by atoms with Gasteiger partial charge in [0.15, 0.2) is 23.8 Å². The van der Waals surface area contributed by atoms with Gasteiger partial charge in [0.2, 0.25) is 11.6 Å². The Morgan fingerprint density at radius 3 is 2.16 bits per heavy atom. The summed E-state index contributed by atoms with van der Waals surface area (Å²) in [5.74, 6) is -11.4. The van der Waals surface area contributed by atoms with Crippen LogP contribution in [0, 0.1) is 46.8 Å². The number of ether oxygens (including phenoxy) is 8. The molecule has 2 saturated heterocycles. The minimum atomic E-state index is -2.48. The summed E-state index contributed by atoms with van der Waals surface area (Å²) in [4.78, 5) is 144. The highest BCUT2D eigenvalue weighted by Crippen LogP contribution is 2.61. The summed E-state index contributed by atoms with van der Waals surface area (Å²) in [5, 5.41) is 22.5. The number of carbonyl (C=O) groups excluding carboxylic acids is 10. The first-order valence-electron chi connectivity index (χ1n) is 37.0. The Bertz CT molecular complexity index is 3420. The van der Waals surface area contributed by atoms with Crippen molar-refractivity contribution in [2.75, 3.05) is 34.5 Å². The van der Waals surface area contributed by atoms with Crippen LogP contribution in [0.25, 0.3) is 0 Å². The SMILES string of the molecule is COC[C@H]1OC(=O)c2coc3c2[C@@]1(C)C1=C(C3=O)[C@@H]2CCC(=O)[C@@]2(C)C[C@H]1OC(=O)CCCCCCC(=O)O[C@@H]1/C(C)=C/[C@@H](C)C(=O)C[C@@H]([C@H](C)CC2CCC(O)CC2)OC(=O)C2CCCCN2C(=O)C(=O)[C@]2(O)O[C@@H](CC[C@H]2C)C[C@H](OC)/C(C)=C/C=C/C=C/[C@@H](C)C[C@@H](C)C(=O)[C@@H]1OC. The lowest BCUT2D eigenvalue weighted by Crippen LogP contribution is -2.61. The molecule has 4 fully saturated rings. The Kier molecular flexibility index (Phi) is 26.4. The number of allylic oxidation sites excluding steroid dienone is 7. The molecular formula is C79H109NO21. The molecule has 8 aliphatic rings. The quantitative estimate of drug-likeness (QED) is 0.0511. The van der Waals surface area contributed by atoms with E-state index in [2.05, 4.69) is 0 Å². The number of hydrogen-bond donors (Lipinski definition) is 2. The third kappa shape index (κ3) is 17.1. The fourth-order valence-electron chi connectivity index (χ4n) is 17.4. The third-order valence-electron chi connectivity index (χ3n) is 23.5. The smallest absolute Gasteiger partial charge is 0.342 e. The number of aliphatic hydroxyl groups is 2. The van der Waals surface area contributed by atoms with E-state index >= 15 is 0 Å². The van der Waals surface area contributed by atoms with Crippen molar-refractivity contribution in [3.63, 3.8) is 0 Å². The zero-order chi connectivity index (χ0) is 73.4. The number of furan rings is 1. The number of rotatable bonds is 16. The van der Waals surface area contributed by atoms with E-state index in [1.165, 1.54) is 25.4 Å². The number of ketones is 5. The minimum absolute atomic E-state index is 0.0104. The van der Waals surface area contributed by atoms with Gasteiger partial charge in [0.25, 0.3) is 11.7 Å². The number of amides is 1. The van der Waals surface area contributed by atoms with Gasteiger partial charge in [0.1, 0.15) is 47.7 Å². The minimum Gasteiger partial charge on any atom is -0.460 e. The summed E-state index contributed by atoms with van der Waals surface area (Å²) in [6, 6.07) is -1.20. The van der Waals surface area contributed by atoms with E-state index in [0.717, 1.165) is 18.4 Å². The van der Waals surface area contributed by atoms with Crippen LogP contribution in [0.2, 0.25) is 0 Å². The summed E-state index contributed by atoms with van der Waals surface area (Å²) >= 11 is 0. The fraction of sp³-hybridized carbons (Fsp3) is 0.696. The standard InChI is InChI=1S/C79H109NO21/c1-44-22-16-15-17-23-45(2)58(94-11)39-53-32-27-50(7)79(92,101-53)73(88)74(89)80-35-21-20-24-56(80)76(91)98-59(47(4)38-51-28-30-52(81)31-29-51)40-57(82)46(3)37-49(6)70(72(95-12)68(86)48(5)36-44)100-64(85)26-19-14-13-18-25-63(84)97-60-41-77(8)55(33-34-61(77)83)65-67(60)78(9)62(43-93-10)99-75(90)54-42-96-71(66(54)78)69(65)87/h15-17,22-23,37,42,44,46-48,50-53,55-56,58-60,62,70,72,81,92H,13-14,18-21,24-36,38-41,43H2,1-12H3/b17-15+,22-16+,45-23+,49-37+/t44-,46-,47-,48-,50-,51?,52?,53+,55+,56?,58+,59+,60-,62-,70-,72+,77+,78+,79-/m1/s1. The second kappa shape index (κ2) is 33.9. The zero-order valence-electron chi connectivity index (χ0n) is 61.3. The van der Waals surface area contributed by atoms with Crippen molar-refractivity contribution in [3.05, 3.63) is 81.9 Å². The molecule has 2 bridgehead atoms. The lowest BCUT2D eigenvalue weighted by molar-refractivity contribution is -0.265. The summed E-state index contributed by atoms with van der Waals surface area (Å²) in [6.45, 7) is 16.3. The van der Waals surface area contributed by atoms with Crippen LogP contribution < -0.4 is 0 Å². The lowest BCUT2D eigenvalue weighted by Gasteiger charge is -2.51. The number of methoxy groups -OCH3 is 3. The Morgan fingerprint density at radius 1 is 0.772 bits per heavy atom. The lowest BCUT2D eigenvalue weighted by atomic mass is 9.54. The molecule has 0 aromatic carbocycles. The molecule has 1 unspecified atom stereocenters. The van der Waals surface area contributed by atoms with Gasteiger partial charge < -0.3 is 57.4 Å². The van der Waals surface area contributed by atoms with Crippen molar-refractivity contribution in [1.29, 1.82) is 0 Å². The molecule has 2 N–H and O–H groups in total. The number of cyclic esters (lactones) is 2. The van der Waals surface area contributed by atoms with Crippen LogP contribution in [0.1, 0.15) is 230 Å². The van der Waals surface area contributed by atoms with Gasteiger partial charge in [-0.05, 0) is 145 Å². The average molecular weight is 1410 g/mol. The van der Waals surface area contributed by atoms with E-state index < -0.39 is 137 Å². The maximum absolute atomic E-state index is 14.8. The van der Waals surface area contributed by atoms with Gasteiger partial charge in [0, 0.05) is 107 Å². The van der Waals surface area contributed by atoms with Crippen LogP contribution >= 0.6 is 0 Å². The maximum Gasteiger partial charge on any atom is 0.342 e. The fourth-order valence-corrected chi connectivity index (χ4v) is 17.4. The summed E-state index contributed by atoms with van der Waals surface area (Å²) in [6.07, 6.45) is 13.6. The van der Waals surface area contributed by atoms with E-state index in [1.807, 2.05) is 65.0 Å². The molecule has 17 atom stereocenters. The highest BCUT2D eigenvalue weighted by atomic mass is 16.6. The second-order valence-electron chi connectivity index (χ2n) is 30.8. The van der Waals surface area contributed by atoms with E-state index in [1.54, 1.807) is 40.9 Å². The molecule has 0 spiro atoms. The number of fused-ring (bicyclic) bond motifs is 6. The molecule has 22 nitrogen and oxygen atoms in total. The predicted molar refractivity (Wildman–Crippen MR) is 369 cm³/mol. The molecule has 1 aromatic rings. The Labute approximate surface area is 594 Å². The highest BCUT2D eigenvalue weighted by Gasteiger charge is 2.65. The Balaban J connectivity index is 0.915. The van der Waals surface area contributed by atoms with E-state index in [4.69, 9.17) is 42.3 Å². The van der Waals surface area contributed by atoms with Gasteiger partial charge in [-0.1, -0.05) is 90.8 Å². The first-order chi connectivity index (χ1) is 48.0. The number of aliphatic hydroxyl groups excluding tert-OH is 1. The van der Waals surface area contributed by atoms with Crippen molar-refractivity contribution in [2.24, 2.45) is 46.8 Å². The Morgan fingerprint density at radius 2 is 1.48 bits per heavy atom. The molecule has 556 valence electrons. The first-order valence-corrected chi connectivity index (χ1v) is 37.0. The van der Waals surface area contributed by atoms with Crippen LogP contribution in [-0.4, -0.2) is 169 Å². The highest BCUT2D eigenvalue weighted by molar-refractivity contribution is 6.39. The van der Waals surface area contributed by atoms with Gasteiger partial charge in [-0.3, -0.25) is 38.4 Å². The van der Waals surface area contributed by atoms with Crippen molar-refractivity contribution in [3.8, 4) is 0 Å². The topological polar surface area (TPSA) is 301 Å². The molecule has 2 saturated carbocycles. The normalized spacial score (nSPS) is 37.0. The van der Waals surface area contributed by atoms with Crippen molar-refractivity contribution in [1.82, 2.24) is 4.90 Å². The second-order valence-corrected chi connectivity index (χ2v) is 30.8. The van der Waals surface area contributed by atoms with E-state index in [-0.39, 0.29) is 105 Å². The molecule has 101 heavy (non-hydrogen) atoms. The molecule has 5 heterocycles. The monoisotopic (exact) mass is 1410 g/mol. The number of unbranched alkanes of at least 4 members (excludes halogenated alkanes) is 3. The number of esters is 4. The molecule has 0 radical (unpaired) electrons. The van der Waals surface area contributed by atoms with Gasteiger partial charge in [-0.25, -0.2) is 9.59 Å². The molecule has 22 heteroatoms. The van der Waals surface area contributed by atoms with Crippen LogP contribution in [0.15, 0.2) is 69.4 Å². The van der Waals surface area contributed by atoms with Crippen LogP contribution in [0.4, 0.5) is 0 Å². The van der Waals surface area contributed by atoms with Gasteiger partial charge in [-0.15, -0.1) is 0 Å². The van der Waals surface area contributed by atoms with E-state index in [9.17, 15) is 58.2 Å². The zero-order valence-corrected chi connectivity index (χ0v) is 61.3. The third-order valence-corrected chi connectivity index (χ3v) is 23.5. The number of nitrogens with zero attached hydrogens (tertiary/aromatic N) is 1. The maximum atomic E-state index is 14.8. The molecule has 9 rings (SSSR count).